The third-order valence-electron chi connectivity index (χ3n) is 5.96. The van der Waals surface area contributed by atoms with E-state index < -0.39 is 17.2 Å². The van der Waals surface area contributed by atoms with E-state index in [1.807, 2.05) is 25.1 Å². The summed E-state index contributed by atoms with van der Waals surface area (Å²) in [6, 6.07) is 5.56. The Balaban J connectivity index is 1.80. The van der Waals surface area contributed by atoms with Gasteiger partial charge in [0, 0.05) is 19.6 Å². The first-order chi connectivity index (χ1) is 16.9. The molecule has 1 amide bonds. The van der Waals surface area contributed by atoms with Crippen LogP contribution in [0.4, 0.5) is 0 Å². The van der Waals surface area contributed by atoms with Gasteiger partial charge in [-0.25, -0.2) is 14.3 Å². The fraction of sp³-hybridized carbons (Fsp3) is 0.520. The number of unbranched alkanes of at least 4 members (excludes halogenated alkanes) is 2. The molecule has 0 unspecified atom stereocenters. The number of fused-ring (bicyclic) bond motifs is 1. The van der Waals surface area contributed by atoms with E-state index >= 15 is 0 Å². The van der Waals surface area contributed by atoms with E-state index in [4.69, 9.17) is 9.47 Å². The van der Waals surface area contributed by atoms with Crippen molar-refractivity contribution >= 4 is 17.1 Å². The summed E-state index contributed by atoms with van der Waals surface area (Å²) in [7, 11) is 3.14. The lowest BCUT2D eigenvalue weighted by Gasteiger charge is -2.13. The average Bonchev–Trinajstić information content (AvgIpc) is 3.29. The van der Waals surface area contributed by atoms with E-state index in [1.54, 1.807) is 25.1 Å². The molecular formula is C25H35N5O5. The number of nitrogens with zero attached hydrogens (tertiary/aromatic N) is 4. The standard InChI is InChI=1S/C25H35N5O5/c1-5-7-13-28-17-27-23-22(28)24(32)30(25(33)29(23)14-8-6-2)16-21(31)26-12-11-18-9-10-19(34-3)20(15-18)35-4/h9-10,15,17H,5-8,11-14,16H2,1-4H3,(H,26,31). The van der Waals surface area contributed by atoms with Crippen molar-refractivity contribution in [1.82, 2.24) is 24.0 Å². The SMILES string of the molecule is CCCCn1cnc2c1c(=O)n(CC(=O)NCCc1ccc(OC)c(OC)c1)c(=O)n2CCCC. The Bertz CT molecular complexity index is 1270. The van der Waals surface area contributed by atoms with Crippen molar-refractivity contribution in [3.05, 3.63) is 50.9 Å². The first-order valence-corrected chi connectivity index (χ1v) is 12.1. The van der Waals surface area contributed by atoms with Gasteiger partial charge in [0.25, 0.3) is 5.56 Å². The second-order valence-corrected chi connectivity index (χ2v) is 8.43. The number of rotatable bonds is 13. The quantitative estimate of drug-likeness (QED) is 0.398. The summed E-state index contributed by atoms with van der Waals surface area (Å²) in [5.74, 6) is 0.849. The van der Waals surface area contributed by atoms with Crippen LogP contribution in [0.1, 0.15) is 45.1 Å². The zero-order valence-electron chi connectivity index (χ0n) is 21.0. The third kappa shape index (κ3) is 5.93. The molecule has 10 heteroatoms. The number of nitrogens with one attached hydrogen (secondary N) is 1. The largest absolute Gasteiger partial charge is 0.493 e. The molecule has 3 rings (SSSR count). The number of ether oxygens (including phenoxy) is 2. The van der Waals surface area contributed by atoms with Crippen LogP contribution < -0.4 is 26.0 Å². The minimum Gasteiger partial charge on any atom is -0.493 e. The van der Waals surface area contributed by atoms with Crippen LogP contribution in [0.25, 0.3) is 11.2 Å². The Kier molecular flexibility index (Phi) is 9.11. The normalized spacial score (nSPS) is 11.1. The van der Waals surface area contributed by atoms with Crippen LogP contribution in [-0.4, -0.2) is 45.4 Å². The van der Waals surface area contributed by atoms with Crippen molar-refractivity contribution in [2.45, 2.75) is 65.6 Å². The Labute approximate surface area is 204 Å². The maximum absolute atomic E-state index is 13.3. The van der Waals surface area contributed by atoms with Gasteiger partial charge in [0.1, 0.15) is 6.54 Å². The summed E-state index contributed by atoms with van der Waals surface area (Å²) >= 11 is 0. The summed E-state index contributed by atoms with van der Waals surface area (Å²) in [4.78, 5) is 43.5. The maximum Gasteiger partial charge on any atom is 0.333 e. The van der Waals surface area contributed by atoms with E-state index in [-0.39, 0.29) is 6.54 Å². The molecule has 0 aliphatic carbocycles. The molecule has 10 nitrogen and oxygen atoms in total. The number of benzene rings is 1. The molecule has 0 atom stereocenters. The monoisotopic (exact) mass is 485 g/mol. The van der Waals surface area contributed by atoms with Crippen LogP contribution in [0, 0.1) is 0 Å². The molecule has 0 spiro atoms. The van der Waals surface area contributed by atoms with Gasteiger partial charge in [0.2, 0.25) is 5.91 Å². The minimum absolute atomic E-state index is 0.343. The molecule has 1 aromatic carbocycles. The number of carbonyl (C=O) groups excluding carboxylic acids is 1. The van der Waals surface area contributed by atoms with E-state index in [9.17, 15) is 14.4 Å². The smallest absolute Gasteiger partial charge is 0.333 e. The van der Waals surface area contributed by atoms with Gasteiger partial charge in [0.05, 0.1) is 20.5 Å². The Morgan fingerprint density at radius 2 is 1.71 bits per heavy atom. The van der Waals surface area contributed by atoms with Crippen molar-refractivity contribution in [2.75, 3.05) is 20.8 Å². The first kappa shape index (κ1) is 26.1. The fourth-order valence-corrected chi connectivity index (χ4v) is 3.98. The van der Waals surface area contributed by atoms with Gasteiger partial charge in [-0.3, -0.25) is 14.2 Å². The van der Waals surface area contributed by atoms with Crippen molar-refractivity contribution in [2.24, 2.45) is 0 Å². The Morgan fingerprint density at radius 1 is 1.00 bits per heavy atom. The number of carbonyl (C=O) groups is 1. The second-order valence-electron chi connectivity index (χ2n) is 8.43. The van der Waals surface area contributed by atoms with Crippen molar-refractivity contribution in [3.8, 4) is 11.5 Å². The van der Waals surface area contributed by atoms with Crippen LogP contribution >= 0.6 is 0 Å². The summed E-state index contributed by atoms with van der Waals surface area (Å²) in [5.41, 5.74) is 0.721. The molecule has 2 heterocycles. The summed E-state index contributed by atoms with van der Waals surface area (Å²) in [6.07, 6.45) is 5.68. The van der Waals surface area contributed by atoms with Crippen molar-refractivity contribution in [1.29, 1.82) is 0 Å². The highest BCUT2D eigenvalue weighted by Crippen LogP contribution is 2.27. The highest BCUT2D eigenvalue weighted by atomic mass is 16.5. The predicted octanol–water partition coefficient (Wildman–Crippen LogP) is 2.34. The number of aromatic nitrogens is 4. The highest BCUT2D eigenvalue weighted by molar-refractivity contribution is 5.76. The van der Waals surface area contributed by atoms with Crippen molar-refractivity contribution in [3.63, 3.8) is 0 Å². The van der Waals surface area contributed by atoms with Gasteiger partial charge in [-0.15, -0.1) is 0 Å². The maximum atomic E-state index is 13.3. The molecule has 0 aliphatic heterocycles. The summed E-state index contributed by atoms with van der Waals surface area (Å²) < 4.78 is 14.9. The number of aryl methyl sites for hydroxylation is 2. The molecule has 0 bridgehead atoms. The lowest BCUT2D eigenvalue weighted by atomic mass is 10.1. The minimum atomic E-state index is -0.508. The van der Waals surface area contributed by atoms with E-state index in [1.165, 1.54) is 4.57 Å². The molecule has 3 aromatic rings. The lowest BCUT2D eigenvalue weighted by Crippen LogP contribution is -2.44. The number of imidazole rings is 1. The molecule has 190 valence electrons. The average molecular weight is 486 g/mol. The Morgan fingerprint density at radius 3 is 2.40 bits per heavy atom. The van der Waals surface area contributed by atoms with Gasteiger partial charge in [-0.2, -0.15) is 0 Å². The van der Waals surface area contributed by atoms with Gasteiger partial charge < -0.3 is 19.4 Å². The van der Waals surface area contributed by atoms with Gasteiger partial charge in [-0.05, 0) is 37.0 Å². The van der Waals surface area contributed by atoms with Crippen LogP contribution in [0.5, 0.6) is 11.5 Å². The number of hydrogen-bond donors (Lipinski definition) is 1. The zero-order chi connectivity index (χ0) is 25.4. The molecule has 0 saturated heterocycles. The summed E-state index contributed by atoms with van der Waals surface area (Å²) in [6.45, 7) is 5.18. The van der Waals surface area contributed by atoms with Crippen LogP contribution in [0.15, 0.2) is 34.1 Å². The molecule has 2 aromatic heterocycles. The zero-order valence-corrected chi connectivity index (χ0v) is 21.0. The predicted molar refractivity (Wildman–Crippen MR) is 134 cm³/mol. The highest BCUT2D eigenvalue weighted by Gasteiger charge is 2.19. The molecule has 0 radical (unpaired) electrons. The summed E-state index contributed by atoms with van der Waals surface area (Å²) in [5, 5.41) is 2.81. The van der Waals surface area contributed by atoms with E-state index in [0.29, 0.717) is 48.7 Å². The lowest BCUT2D eigenvalue weighted by molar-refractivity contribution is -0.121. The van der Waals surface area contributed by atoms with Crippen LogP contribution in [0.2, 0.25) is 0 Å². The fourth-order valence-electron chi connectivity index (χ4n) is 3.98. The molecule has 0 fully saturated rings. The third-order valence-corrected chi connectivity index (χ3v) is 5.96. The molecule has 35 heavy (non-hydrogen) atoms. The van der Waals surface area contributed by atoms with Gasteiger partial charge in [-0.1, -0.05) is 32.8 Å². The van der Waals surface area contributed by atoms with Crippen molar-refractivity contribution < 1.29 is 14.3 Å². The molecule has 0 saturated carbocycles. The second kappa shape index (κ2) is 12.2. The Hall–Kier alpha value is -3.56. The van der Waals surface area contributed by atoms with Gasteiger partial charge >= 0.3 is 5.69 Å². The molecular weight excluding hydrogens is 450 g/mol. The van der Waals surface area contributed by atoms with Crippen LogP contribution in [0.3, 0.4) is 0 Å². The van der Waals surface area contributed by atoms with Crippen LogP contribution in [-0.2, 0) is 30.8 Å². The van der Waals surface area contributed by atoms with E-state index in [0.717, 1.165) is 35.8 Å². The number of amides is 1. The number of methoxy groups -OCH3 is 2. The molecule has 1 N–H and O–H groups in total. The van der Waals surface area contributed by atoms with Gasteiger partial charge in [0.15, 0.2) is 22.7 Å². The first-order valence-electron chi connectivity index (χ1n) is 12.1. The van der Waals surface area contributed by atoms with E-state index in [2.05, 4.69) is 17.2 Å². The topological polar surface area (TPSA) is 109 Å². The number of hydrogen-bond acceptors (Lipinski definition) is 6. The molecule has 0 aliphatic rings.